The molecular formula is C21H31NO6. The molecule has 1 unspecified atom stereocenters. The molecule has 1 saturated heterocycles. The summed E-state index contributed by atoms with van der Waals surface area (Å²) in [6.45, 7) is 6.02. The molecule has 0 aliphatic carbocycles. The Morgan fingerprint density at radius 3 is 2.29 bits per heavy atom. The number of amides is 1. The van der Waals surface area contributed by atoms with Gasteiger partial charge >= 0.3 is 12.1 Å². The van der Waals surface area contributed by atoms with E-state index in [-0.39, 0.29) is 19.6 Å². The Bertz CT molecular complexity index is 711. The molecule has 0 bridgehead atoms. The summed E-state index contributed by atoms with van der Waals surface area (Å²) in [7, 11) is 1.31. The summed E-state index contributed by atoms with van der Waals surface area (Å²) in [5, 5.41) is 30.4. The van der Waals surface area contributed by atoms with Crippen molar-refractivity contribution in [1.82, 2.24) is 4.90 Å². The highest BCUT2D eigenvalue weighted by atomic mass is 16.5. The summed E-state index contributed by atoms with van der Waals surface area (Å²) in [5.74, 6) is -0.463. The normalized spacial score (nSPS) is 25.4. The first-order chi connectivity index (χ1) is 13.0. The van der Waals surface area contributed by atoms with Crippen molar-refractivity contribution in [3.05, 3.63) is 35.4 Å². The van der Waals surface area contributed by atoms with E-state index >= 15 is 0 Å². The van der Waals surface area contributed by atoms with Gasteiger partial charge in [-0.25, -0.2) is 9.59 Å². The monoisotopic (exact) mass is 393 g/mol. The topological polar surface area (TPSA) is 107 Å². The fraction of sp³-hybridized carbons (Fsp3) is 0.619. The number of carboxylic acid groups (broad SMARTS) is 1. The average molecular weight is 393 g/mol. The zero-order valence-corrected chi connectivity index (χ0v) is 17.1. The van der Waals surface area contributed by atoms with Gasteiger partial charge in [-0.15, -0.1) is 0 Å². The lowest BCUT2D eigenvalue weighted by molar-refractivity contribution is -0.125. The van der Waals surface area contributed by atoms with E-state index in [4.69, 9.17) is 4.74 Å². The summed E-state index contributed by atoms with van der Waals surface area (Å²) in [6.07, 6.45) is 0.335. The van der Waals surface area contributed by atoms with Crippen LogP contribution in [0.1, 0.15) is 62.4 Å². The molecule has 1 fully saturated rings. The number of rotatable bonds is 5. The maximum Gasteiger partial charge on any atom is 0.408 e. The van der Waals surface area contributed by atoms with Crippen LogP contribution in [0.2, 0.25) is 0 Å². The van der Waals surface area contributed by atoms with Crippen LogP contribution in [0.25, 0.3) is 0 Å². The predicted octanol–water partition coefficient (Wildman–Crippen LogP) is 2.99. The maximum atomic E-state index is 12.2. The van der Waals surface area contributed by atoms with Crippen molar-refractivity contribution in [3.63, 3.8) is 0 Å². The van der Waals surface area contributed by atoms with Crippen LogP contribution >= 0.6 is 0 Å². The average Bonchev–Trinajstić information content (AvgIpc) is 2.64. The summed E-state index contributed by atoms with van der Waals surface area (Å²) in [5.41, 5.74) is -1.51. The number of piperidine rings is 1. The molecule has 2 atom stereocenters. The van der Waals surface area contributed by atoms with Crippen molar-refractivity contribution in [3.8, 4) is 0 Å². The minimum atomic E-state index is -1.08. The highest BCUT2D eigenvalue weighted by molar-refractivity contribution is 5.89. The molecule has 1 aromatic carbocycles. The van der Waals surface area contributed by atoms with E-state index < -0.39 is 28.6 Å². The lowest BCUT2D eigenvalue weighted by Crippen LogP contribution is -2.64. The molecule has 156 valence electrons. The Labute approximate surface area is 165 Å². The van der Waals surface area contributed by atoms with Gasteiger partial charge < -0.3 is 20.1 Å². The number of aliphatic hydroxyl groups is 2. The van der Waals surface area contributed by atoms with Crippen LogP contribution < -0.4 is 0 Å². The Balaban J connectivity index is 2.60. The van der Waals surface area contributed by atoms with Gasteiger partial charge in [-0.2, -0.15) is 0 Å². The highest BCUT2D eigenvalue weighted by Crippen LogP contribution is 2.53. The molecular weight excluding hydrogens is 362 g/mol. The molecule has 3 N–H and O–H groups in total. The maximum absolute atomic E-state index is 12.2. The number of benzene rings is 1. The molecule has 1 aliphatic rings. The fourth-order valence-electron chi connectivity index (χ4n) is 4.41. The molecule has 2 rings (SSSR count). The van der Waals surface area contributed by atoms with Gasteiger partial charge in [-0.1, -0.05) is 32.9 Å². The Morgan fingerprint density at radius 2 is 1.82 bits per heavy atom. The molecule has 7 heteroatoms. The summed E-state index contributed by atoms with van der Waals surface area (Å²) < 4.78 is 4.74. The lowest BCUT2D eigenvalue weighted by Gasteiger charge is -2.58. The van der Waals surface area contributed by atoms with Crippen LogP contribution in [0.4, 0.5) is 4.79 Å². The minimum Gasteiger partial charge on any atom is -0.465 e. The number of likely N-dealkylation sites (tertiary alicyclic amines) is 1. The van der Waals surface area contributed by atoms with Crippen molar-refractivity contribution in [2.75, 3.05) is 20.3 Å². The molecule has 7 nitrogen and oxygen atoms in total. The second-order valence-corrected chi connectivity index (χ2v) is 8.59. The number of nitrogens with zero attached hydrogens (tertiary/aromatic N) is 1. The molecule has 1 aromatic rings. The van der Waals surface area contributed by atoms with Gasteiger partial charge in [0.15, 0.2) is 0 Å². The van der Waals surface area contributed by atoms with E-state index in [1.54, 1.807) is 24.3 Å². The first kappa shape index (κ1) is 22.2. The molecule has 0 radical (unpaired) electrons. The molecule has 0 aromatic heterocycles. The number of carbonyl (C=O) groups excluding carboxylic acids is 1. The van der Waals surface area contributed by atoms with E-state index in [1.165, 1.54) is 12.0 Å². The highest BCUT2D eigenvalue weighted by Gasteiger charge is 2.57. The Morgan fingerprint density at radius 1 is 1.21 bits per heavy atom. The van der Waals surface area contributed by atoms with Crippen molar-refractivity contribution in [2.45, 2.75) is 57.6 Å². The molecule has 0 saturated carbocycles. The van der Waals surface area contributed by atoms with E-state index in [0.717, 1.165) is 5.56 Å². The van der Waals surface area contributed by atoms with Gasteiger partial charge in [-0.05, 0) is 42.4 Å². The van der Waals surface area contributed by atoms with Crippen molar-refractivity contribution in [2.24, 2.45) is 5.41 Å². The smallest absolute Gasteiger partial charge is 0.408 e. The lowest BCUT2D eigenvalue weighted by atomic mass is 9.60. The summed E-state index contributed by atoms with van der Waals surface area (Å²) in [4.78, 5) is 25.4. The first-order valence-electron chi connectivity index (χ1n) is 9.53. The van der Waals surface area contributed by atoms with Crippen molar-refractivity contribution >= 4 is 12.1 Å². The number of hydrogen-bond acceptors (Lipinski definition) is 5. The van der Waals surface area contributed by atoms with Gasteiger partial charge in [0.25, 0.3) is 0 Å². The Kier molecular flexibility index (Phi) is 6.41. The van der Waals surface area contributed by atoms with E-state index in [9.17, 15) is 24.9 Å². The fourth-order valence-corrected chi connectivity index (χ4v) is 4.41. The first-order valence-corrected chi connectivity index (χ1v) is 9.53. The predicted molar refractivity (Wildman–Crippen MR) is 104 cm³/mol. The van der Waals surface area contributed by atoms with Gasteiger partial charge in [0.05, 0.1) is 23.8 Å². The van der Waals surface area contributed by atoms with Gasteiger partial charge in [-0.3, -0.25) is 4.90 Å². The van der Waals surface area contributed by atoms with Crippen LogP contribution in [-0.2, 0) is 10.3 Å². The quantitative estimate of drug-likeness (QED) is 0.664. The number of carbonyl (C=O) groups is 2. The van der Waals surface area contributed by atoms with Crippen LogP contribution in [0.3, 0.4) is 0 Å². The number of hydrogen-bond donors (Lipinski definition) is 3. The second-order valence-electron chi connectivity index (χ2n) is 8.59. The van der Waals surface area contributed by atoms with Gasteiger partial charge in [0, 0.05) is 19.6 Å². The van der Waals surface area contributed by atoms with Crippen LogP contribution in [0.5, 0.6) is 0 Å². The van der Waals surface area contributed by atoms with Crippen LogP contribution in [0.15, 0.2) is 24.3 Å². The summed E-state index contributed by atoms with van der Waals surface area (Å²) >= 11 is 0. The third-order valence-corrected chi connectivity index (χ3v) is 5.90. The van der Waals surface area contributed by atoms with Gasteiger partial charge in [0.1, 0.15) is 0 Å². The van der Waals surface area contributed by atoms with Crippen molar-refractivity contribution < 1.29 is 29.6 Å². The SMILES string of the molecule is COC(=O)c1ccc([C@@]2(C(C)(C)C)CC(O)(CCCO)CCN2C(=O)O)cc1. The van der Waals surface area contributed by atoms with Gasteiger partial charge in [0.2, 0.25) is 0 Å². The van der Waals surface area contributed by atoms with E-state index in [2.05, 4.69) is 0 Å². The third kappa shape index (κ3) is 4.00. The molecule has 1 heterocycles. The number of aliphatic hydroxyl groups excluding tert-OH is 1. The zero-order chi connectivity index (χ0) is 21.2. The standard InChI is InChI=1S/C21H31NO6/c1-19(2,3)21(16-8-6-15(7-9-16)17(24)28-4)14-20(27,10-5-13-23)11-12-22(21)18(25)26/h6-9,23,27H,5,10-14H2,1-4H3,(H,25,26)/t20?,21-/m1/s1. The number of methoxy groups -OCH3 is 1. The zero-order valence-electron chi connectivity index (χ0n) is 17.1. The second kappa shape index (κ2) is 8.09. The van der Waals surface area contributed by atoms with Crippen LogP contribution in [-0.4, -0.2) is 58.1 Å². The third-order valence-electron chi connectivity index (χ3n) is 5.90. The number of ether oxygens (including phenoxy) is 1. The summed E-state index contributed by atoms with van der Waals surface area (Å²) in [6, 6.07) is 6.72. The molecule has 28 heavy (non-hydrogen) atoms. The minimum absolute atomic E-state index is 0.0265. The van der Waals surface area contributed by atoms with E-state index in [1.807, 2.05) is 20.8 Å². The molecule has 0 spiro atoms. The van der Waals surface area contributed by atoms with Crippen LogP contribution in [0, 0.1) is 5.41 Å². The number of esters is 1. The Hall–Kier alpha value is -2.12. The molecule has 1 amide bonds. The van der Waals surface area contributed by atoms with Crippen molar-refractivity contribution in [1.29, 1.82) is 0 Å². The largest absolute Gasteiger partial charge is 0.465 e. The van der Waals surface area contributed by atoms with E-state index in [0.29, 0.717) is 24.8 Å². The molecule has 1 aliphatic heterocycles.